The summed E-state index contributed by atoms with van der Waals surface area (Å²) in [7, 11) is -3.16. The van der Waals surface area contributed by atoms with Crippen molar-refractivity contribution in [3.05, 3.63) is 23.4 Å². The Labute approximate surface area is 160 Å². The maximum atomic E-state index is 12.8. The Balaban J connectivity index is 1.51. The molecule has 0 unspecified atom stereocenters. The van der Waals surface area contributed by atoms with Crippen LogP contribution in [0.3, 0.4) is 0 Å². The second kappa shape index (κ2) is 8.10. The first-order valence-electron chi connectivity index (χ1n) is 9.04. The van der Waals surface area contributed by atoms with E-state index in [9.17, 15) is 13.2 Å². The molecule has 7 nitrogen and oxygen atoms in total. The van der Waals surface area contributed by atoms with Crippen LogP contribution in [0.2, 0.25) is 5.02 Å². The largest absolute Gasteiger partial charge is 0.357 e. The lowest BCUT2D eigenvalue weighted by atomic mass is 9.95. The number of carbonyl (C=O) groups excluding carboxylic acids is 1. The van der Waals surface area contributed by atoms with E-state index in [0.29, 0.717) is 31.2 Å². The lowest BCUT2D eigenvalue weighted by Gasteiger charge is -2.38. The van der Waals surface area contributed by atoms with Crippen LogP contribution in [0.15, 0.2) is 18.3 Å². The van der Waals surface area contributed by atoms with Gasteiger partial charge in [-0.3, -0.25) is 4.79 Å². The first-order valence-corrected chi connectivity index (χ1v) is 11.0. The monoisotopic (exact) mass is 400 g/mol. The minimum absolute atomic E-state index is 0.00730. The molecule has 9 heteroatoms. The molecule has 0 aromatic carbocycles. The standard InChI is InChI=1S/C17H25ClN4O3S/c1-2-26(24,25)22-11-9-21(10-12-22)17(23)14-5-7-20(8-6-14)16-4-3-15(18)13-19-16/h3-4,13-14H,2,5-12H2,1H3. The van der Waals surface area contributed by atoms with Gasteiger partial charge in [0.15, 0.2) is 0 Å². The first-order chi connectivity index (χ1) is 12.4. The number of piperazine rings is 1. The number of nitrogens with zero attached hydrogens (tertiary/aromatic N) is 4. The number of piperidine rings is 1. The molecule has 0 radical (unpaired) electrons. The van der Waals surface area contributed by atoms with E-state index < -0.39 is 10.0 Å². The van der Waals surface area contributed by atoms with Gasteiger partial charge in [0, 0.05) is 51.4 Å². The molecule has 2 fully saturated rings. The highest BCUT2D eigenvalue weighted by Crippen LogP contribution is 2.24. The zero-order valence-electron chi connectivity index (χ0n) is 15.0. The second-order valence-corrected chi connectivity index (χ2v) is 9.41. The molecule has 0 bridgehead atoms. The fourth-order valence-electron chi connectivity index (χ4n) is 3.54. The van der Waals surface area contributed by atoms with E-state index in [0.717, 1.165) is 31.7 Å². The Morgan fingerprint density at radius 2 is 1.81 bits per heavy atom. The molecule has 0 N–H and O–H groups in total. The number of hydrogen-bond acceptors (Lipinski definition) is 5. The van der Waals surface area contributed by atoms with Crippen LogP contribution in [-0.2, 0) is 14.8 Å². The van der Waals surface area contributed by atoms with Gasteiger partial charge < -0.3 is 9.80 Å². The van der Waals surface area contributed by atoms with Gasteiger partial charge in [-0.1, -0.05) is 11.6 Å². The van der Waals surface area contributed by atoms with Gasteiger partial charge in [-0.2, -0.15) is 4.31 Å². The molecule has 2 aliphatic heterocycles. The molecule has 26 heavy (non-hydrogen) atoms. The van der Waals surface area contributed by atoms with E-state index in [1.165, 1.54) is 4.31 Å². The van der Waals surface area contributed by atoms with Gasteiger partial charge in [0.25, 0.3) is 0 Å². The van der Waals surface area contributed by atoms with Gasteiger partial charge in [0.1, 0.15) is 5.82 Å². The van der Waals surface area contributed by atoms with Gasteiger partial charge in [-0.15, -0.1) is 0 Å². The summed E-state index contributed by atoms with van der Waals surface area (Å²) in [5.74, 6) is 1.16. The summed E-state index contributed by atoms with van der Waals surface area (Å²) in [6.45, 7) is 4.99. The van der Waals surface area contributed by atoms with Gasteiger partial charge in [-0.25, -0.2) is 13.4 Å². The molecule has 0 saturated carbocycles. The Hall–Kier alpha value is -1.38. The van der Waals surface area contributed by atoms with Crippen LogP contribution in [0, 0.1) is 5.92 Å². The normalized spacial score (nSPS) is 20.4. The van der Waals surface area contributed by atoms with Crippen molar-refractivity contribution in [2.45, 2.75) is 19.8 Å². The Morgan fingerprint density at radius 1 is 1.15 bits per heavy atom. The Morgan fingerprint density at radius 3 is 2.35 bits per heavy atom. The first kappa shape index (κ1) is 19.4. The van der Waals surface area contributed by atoms with E-state index >= 15 is 0 Å². The third-order valence-corrected chi connectivity index (χ3v) is 7.29. The van der Waals surface area contributed by atoms with Crippen molar-refractivity contribution in [3.63, 3.8) is 0 Å². The number of carbonyl (C=O) groups is 1. The summed E-state index contributed by atoms with van der Waals surface area (Å²) >= 11 is 5.88. The molecule has 2 saturated heterocycles. The molecule has 0 atom stereocenters. The van der Waals surface area contributed by atoms with E-state index in [2.05, 4.69) is 9.88 Å². The fraction of sp³-hybridized carbons (Fsp3) is 0.647. The average molecular weight is 401 g/mol. The fourth-order valence-corrected chi connectivity index (χ4v) is 4.73. The summed E-state index contributed by atoms with van der Waals surface area (Å²) in [6, 6.07) is 3.73. The van der Waals surface area contributed by atoms with Crippen molar-refractivity contribution in [1.29, 1.82) is 0 Å². The minimum Gasteiger partial charge on any atom is -0.357 e. The van der Waals surface area contributed by atoms with E-state index in [1.54, 1.807) is 13.1 Å². The van der Waals surface area contributed by atoms with Gasteiger partial charge in [-0.05, 0) is 31.9 Å². The lowest BCUT2D eigenvalue weighted by molar-refractivity contribution is -0.137. The maximum Gasteiger partial charge on any atom is 0.225 e. The molecule has 1 amide bonds. The molecule has 0 aliphatic carbocycles. The second-order valence-electron chi connectivity index (χ2n) is 6.72. The average Bonchev–Trinajstić information content (AvgIpc) is 2.68. The zero-order chi connectivity index (χ0) is 18.7. The van der Waals surface area contributed by atoms with Gasteiger partial charge in [0.05, 0.1) is 10.8 Å². The molecular weight excluding hydrogens is 376 g/mol. The van der Waals surface area contributed by atoms with Crippen LogP contribution in [-0.4, -0.2) is 73.5 Å². The van der Waals surface area contributed by atoms with Crippen molar-refractivity contribution < 1.29 is 13.2 Å². The van der Waals surface area contributed by atoms with Crippen LogP contribution >= 0.6 is 11.6 Å². The van der Waals surface area contributed by atoms with Crippen LogP contribution in [0.5, 0.6) is 0 Å². The molecular formula is C17H25ClN4O3S. The van der Waals surface area contributed by atoms with Crippen LogP contribution in [0.4, 0.5) is 5.82 Å². The highest BCUT2D eigenvalue weighted by Gasteiger charge is 2.32. The summed E-state index contributed by atoms with van der Waals surface area (Å²) in [6.07, 6.45) is 3.21. The van der Waals surface area contributed by atoms with Gasteiger partial charge >= 0.3 is 0 Å². The number of sulfonamides is 1. The van der Waals surface area contributed by atoms with Crippen molar-refractivity contribution in [3.8, 4) is 0 Å². The molecule has 2 aliphatic rings. The molecule has 3 rings (SSSR count). The third-order valence-electron chi connectivity index (χ3n) is 5.19. The van der Waals surface area contributed by atoms with Crippen molar-refractivity contribution in [2.24, 2.45) is 5.92 Å². The number of hydrogen-bond donors (Lipinski definition) is 0. The smallest absolute Gasteiger partial charge is 0.225 e. The molecule has 1 aromatic heterocycles. The number of anilines is 1. The van der Waals surface area contributed by atoms with E-state index in [1.807, 2.05) is 17.0 Å². The van der Waals surface area contributed by atoms with Crippen LogP contribution in [0.1, 0.15) is 19.8 Å². The molecule has 144 valence electrons. The predicted octanol–water partition coefficient (Wildman–Crippen LogP) is 1.45. The Bertz CT molecular complexity index is 725. The van der Waals surface area contributed by atoms with Crippen LogP contribution in [0.25, 0.3) is 0 Å². The quantitative estimate of drug-likeness (QED) is 0.764. The highest BCUT2D eigenvalue weighted by atomic mass is 35.5. The van der Waals surface area contributed by atoms with Crippen molar-refractivity contribution in [2.75, 3.05) is 49.9 Å². The minimum atomic E-state index is -3.16. The molecule has 0 spiro atoms. The Kier molecular flexibility index (Phi) is 6.04. The van der Waals surface area contributed by atoms with Gasteiger partial charge in [0.2, 0.25) is 15.9 Å². The molecule has 1 aromatic rings. The summed E-state index contributed by atoms with van der Waals surface area (Å²) in [4.78, 5) is 21.1. The third kappa shape index (κ3) is 4.29. The van der Waals surface area contributed by atoms with E-state index in [-0.39, 0.29) is 17.6 Å². The maximum absolute atomic E-state index is 12.8. The summed E-state index contributed by atoms with van der Waals surface area (Å²) in [5, 5.41) is 0.614. The SMILES string of the molecule is CCS(=O)(=O)N1CCN(C(=O)C2CCN(c3ccc(Cl)cn3)CC2)CC1. The van der Waals surface area contributed by atoms with E-state index in [4.69, 9.17) is 11.6 Å². The molecule has 3 heterocycles. The topological polar surface area (TPSA) is 73.8 Å². The summed E-state index contributed by atoms with van der Waals surface area (Å²) in [5.41, 5.74) is 0. The number of rotatable bonds is 4. The van der Waals surface area contributed by atoms with Crippen LogP contribution < -0.4 is 4.90 Å². The highest BCUT2D eigenvalue weighted by molar-refractivity contribution is 7.89. The number of amides is 1. The van der Waals surface area contributed by atoms with Crippen molar-refractivity contribution in [1.82, 2.24) is 14.2 Å². The number of pyridine rings is 1. The summed E-state index contributed by atoms with van der Waals surface area (Å²) < 4.78 is 25.3. The predicted molar refractivity (Wildman–Crippen MR) is 102 cm³/mol. The van der Waals surface area contributed by atoms with Crippen molar-refractivity contribution >= 4 is 33.3 Å². The number of halogens is 1. The number of aromatic nitrogens is 1. The lowest BCUT2D eigenvalue weighted by Crippen LogP contribution is -2.53. The zero-order valence-corrected chi connectivity index (χ0v) is 16.5.